The maximum atomic E-state index is 12.7. The minimum Gasteiger partial charge on any atom is -0.352 e. The van der Waals surface area contributed by atoms with Gasteiger partial charge in [0.15, 0.2) is 0 Å². The fourth-order valence-corrected chi connectivity index (χ4v) is 4.20. The molecule has 0 aliphatic carbocycles. The first kappa shape index (κ1) is 18.7. The second kappa shape index (κ2) is 8.57. The SMILES string of the molecule is Cc1cccc(CN2CCC(C(=O)NCc3cccc4ccccc34)CC2)c1. The molecule has 3 aromatic rings. The Morgan fingerprint density at radius 3 is 2.57 bits per heavy atom. The summed E-state index contributed by atoms with van der Waals surface area (Å²) < 4.78 is 0. The molecule has 1 aliphatic heterocycles. The van der Waals surface area contributed by atoms with Crippen LogP contribution in [0.4, 0.5) is 0 Å². The maximum Gasteiger partial charge on any atom is 0.223 e. The van der Waals surface area contributed by atoms with E-state index in [-0.39, 0.29) is 11.8 Å². The van der Waals surface area contributed by atoms with Gasteiger partial charge in [-0.25, -0.2) is 0 Å². The highest BCUT2D eigenvalue weighted by Crippen LogP contribution is 2.21. The molecule has 0 unspecified atom stereocenters. The smallest absolute Gasteiger partial charge is 0.223 e. The van der Waals surface area contributed by atoms with Gasteiger partial charge in [-0.15, -0.1) is 0 Å². The van der Waals surface area contributed by atoms with Gasteiger partial charge in [0, 0.05) is 19.0 Å². The molecule has 28 heavy (non-hydrogen) atoms. The molecule has 1 N–H and O–H groups in total. The second-order valence-electron chi connectivity index (χ2n) is 7.90. The van der Waals surface area contributed by atoms with Crippen LogP contribution in [-0.2, 0) is 17.9 Å². The summed E-state index contributed by atoms with van der Waals surface area (Å²) in [5, 5.41) is 5.62. The lowest BCUT2D eigenvalue weighted by atomic mass is 9.95. The summed E-state index contributed by atoms with van der Waals surface area (Å²) in [5.41, 5.74) is 3.85. The van der Waals surface area contributed by atoms with Crippen molar-refractivity contribution in [2.24, 2.45) is 5.92 Å². The fourth-order valence-electron chi connectivity index (χ4n) is 4.20. The number of amides is 1. The minimum atomic E-state index is 0.128. The zero-order chi connectivity index (χ0) is 19.3. The van der Waals surface area contributed by atoms with E-state index < -0.39 is 0 Å². The predicted octanol–water partition coefficient (Wildman–Crippen LogP) is 4.68. The van der Waals surface area contributed by atoms with Crippen LogP contribution < -0.4 is 5.32 Å². The van der Waals surface area contributed by atoms with Gasteiger partial charge in [0.1, 0.15) is 0 Å². The monoisotopic (exact) mass is 372 g/mol. The first-order valence-corrected chi connectivity index (χ1v) is 10.2. The third-order valence-corrected chi connectivity index (χ3v) is 5.78. The Hall–Kier alpha value is -2.65. The normalized spacial score (nSPS) is 15.6. The molecule has 0 saturated carbocycles. The largest absolute Gasteiger partial charge is 0.352 e. The fraction of sp³-hybridized carbons (Fsp3) is 0.320. The number of nitrogens with zero attached hydrogens (tertiary/aromatic N) is 1. The highest BCUT2D eigenvalue weighted by Gasteiger charge is 2.24. The first-order valence-electron chi connectivity index (χ1n) is 10.2. The Morgan fingerprint density at radius 1 is 1.00 bits per heavy atom. The number of fused-ring (bicyclic) bond motifs is 1. The van der Waals surface area contributed by atoms with Crippen LogP contribution in [0.25, 0.3) is 10.8 Å². The van der Waals surface area contributed by atoms with Crippen molar-refractivity contribution in [2.75, 3.05) is 13.1 Å². The number of hydrogen-bond donors (Lipinski definition) is 1. The van der Waals surface area contributed by atoms with Gasteiger partial charge in [-0.05, 0) is 54.8 Å². The van der Waals surface area contributed by atoms with E-state index in [9.17, 15) is 4.79 Å². The number of likely N-dealkylation sites (tertiary alicyclic amines) is 1. The Labute approximate surface area is 167 Å². The van der Waals surface area contributed by atoms with Crippen molar-refractivity contribution >= 4 is 16.7 Å². The van der Waals surface area contributed by atoms with Crippen LogP contribution in [-0.4, -0.2) is 23.9 Å². The zero-order valence-corrected chi connectivity index (χ0v) is 16.5. The molecule has 0 radical (unpaired) electrons. The number of benzene rings is 3. The molecule has 0 spiro atoms. The van der Waals surface area contributed by atoms with E-state index in [1.807, 2.05) is 0 Å². The van der Waals surface area contributed by atoms with Gasteiger partial charge < -0.3 is 5.32 Å². The topological polar surface area (TPSA) is 32.3 Å². The zero-order valence-electron chi connectivity index (χ0n) is 16.5. The summed E-state index contributed by atoms with van der Waals surface area (Å²) in [6.45, 7) is 5.69. The summed E-state index contributed by atoms with van der Waals surface area (Å²) in [6, 6.07) is 23.3. The maximum absolute atomic E-state index is 12.7. The highest BCUT2D eigenvalue weighted by molar-refractivity contribution is 5.86. The summed E-state index contributed by atoms with van der Waals surface area (Å²) in [5.74, 6) is 0.326. The summed E-state index contributed by atoms with van der Waals surface area (Å²) in [7, 11) is 0. The summed E-state index contributed by atoms with van der Waals surface area (Å²) in [4.78, 5) is 15.1. The molecule has 1 saturated heterocycles. The average molecular weight is 373 g/mol. The van der Waals surface area contributed by atoms with Gasteiger partial charge in [-0.2, -0.15) is 0 Å². The van der Waals surface area contributed by atoms with Crippen LogP contribution in [0.1, 0.15) is 29.5 Å². The standard InChI is InChI=1S/C25H28N2O/c1-19-6-4-7-20(16-19)18-27-14-12-22(13-15-27)25(28)26-17-23-10-5-9-21-8-2-3-11-24(21)23/h2-11,16,22H,12-15,17-18H2,1H3,(H,26,28). The van der Waals surface area contributed by atoms with Crippen molar-refractivity contribution in [1.82, 2.24) is 10.2 Å². The number of piperidine rings is 1. The van der Waals surface area contributed by atoms with Crippen LogP contribution in [0.5, 0.6) is 0 Å². The molecular weight excluding hydrogens is 344 g/mol. The van der Waals surface area contributed by atoms with Crippen LogP contribution in [0.15, 0.2) is 66.7 Å². The van der Waals surface area contributed by atoms with Crippen molar-refractivity contribution in [3.05, 3.63) is 83.4 Å². The Bertz CT molecular complexity index is 952. The summed E-state index contributed by atoms with van der Waals surface area (Å²) >= 11 is 0. The van der Waals surface area contributed by atoms with E-state index in [1.54, 1.807) is 0 Å². The molecule has 3 aromatic carbocycles. The Morgan fingerprint density at radius 2 is 1.75 bits per heavy atom. The van der Waals surface area contributed by atoms with E-state index in [2.05, 4.69) is 83.9 Å². The minimum absolute atomic E-state index is 0.128. The van der Waals surface area contributed by atoms with E-state index >= 15 is 0 Å². The molecule has 4 rings (SSSR count). The number of rotatable bonds is 5. The molecule has 1 fully saturated rings. The van der Waals surface area contributed by atoms with Gasteiger partial charge >= 0.3 is 0 Å². The molecule has 1 heterocycles. The van der Waals surface area contributed by atoms with Crippen LogP contribution in [0.3, 0.4) is 0 Å². The van der Waals surface area contributed by atoms with Crippen molar-refractivity contribution in [1.29, 1.82) is 0 Å². The van der Waals surface area contributed by atoms with Crippen LogP contribution in [0.2, 0.25) is 0 Å². The lowest BCUT2D eigenvalue weighted by Crippen LogP contribution is -2.40. The van der Waals surface area contributed by atoms with E-state index in [0.29, 0.717) is 6.54 Å². The molecule has 1 amide bonds. The van der Waals surface area contributed by atoms with Crippen LogP contribution in [0, 0.1) is 12.8 Å². The number of aryl methyl sites for hydroxylation is 1. The molecule has 3 heteroatoms. The number of hydrogen-bond acceptors (Lipinski definition) is 2. The lowest BCUT2D eigenvalue weighted by Gasteiger charge is -2.31. The third kappa shape index (κ3) is 4.42. The van der Waals surface area contributed by atoms with Gasteiger partial charge in [0.05, 0.1) is 0 Å². The molecule has 0 aromatic heterocycles. The lowest BCUT2D eigenvalue weighted by molar-refractivity contribution is -0.126. The van der Waals surface area contributed by atoms with E-state index in [1.165, 1.54) is 27.5 Å². The van der Waals surface area contributed by atoms with Gasteiger partial charge in [-0.3, -0.25) is 9.69 Å². The van der Waals surface area contributed by atoms with Crippen molar-refractivity contribution in [3.63, 3.8) is 0 Å². The number of nitrogens with one attached hydrogen (secondary N) is 1. The molecule has 0 bridgehead atoms. The average Bonchev–Trinajstić information content (AvgIpc) is 2.72. The van der Waals surface area contributed by atoms with Crippen LogP contribution >= 0.6 is 0 Å². The Kier molecular flexibility index (Phi) is 5.73. The predicted molar refractivity (Wildman–Crippen MR) is 115 cm³/mol. The van der Waals surface area contributed by atoms with Crippen molar-refractivity contribution < 1.29 is 4.79 Å². The molecular formula is C25H28N2O. The Balaban J connectivity index is 1.29. The van der Waals surface area contributed by atoms with Gasteiger partial charge in [0.2, 0.25) is 5.91 Å². The quantitative estimate of drug-likeness (QED) is 0.705. The van der Waals surface area contributed by atoms with E-state index in [4.69, 9.17) is 0 Å². The first-order chi connectivity index (χ1) is 13.7. The molecule has 1 aliphatic rings. The number of carbonyl (C=O) groups is 1. The molecule has 3 nitrogen and oxygen atoms in total. The third-order valence-electron chi connectivity index (χ3n) is 5.78. The second-order valence-corrected chi connectivity index (χ2v) is 7.90. The van der Waals surface area contributed by atoms with Gasteiger partial charge in [-0.1, -0.05) is 72.3 Å². The number of carbonyl (C=O) groups excluding carboxylic acids is 1. The van der Waals surface area contributed by atoms with Gasteiger partial charge in [0.25, 0.3) is 0 Å². The van der Waals surface area contributed by atoms with Crippen molar-refractivity contribution in [2.45, 2.75) is 32.9 Å². The molecule has 0 atom stereocenters. The molecule has 144 valence electrons. The highest BCUT2D eigenvalue weighted by atomic mass is 16.1. The summed E-state index contributed by atoms with van der Waals surface area (Å²) in [6.07, 6.45) is 1.88. The van der Waals surface area contributed by atoms with Crippen molar-refractivity contribution in [3.8, 4) is 0 Å². The van der Waals surface area contributed by atoms with E-state index in [0.717, 1.165) is 32.5 Å².